The third-order valence-electron chi connectivity index (χ3n) is 5.05. The first-order chi connectivity index (χ1) is 14.6. The maximum Gasteiger partial charge on any atom is 0.387 e. The van der Waals surface area contributed by atoms with Crippen molar-refractivity contribution in [1.82, 2.24) is 9.80 Å². The molecule has 0 saturated carbocycles. The molecule has 0 unspecified atom stereocenters. The minimum Gasteiger partial charge on any atom is -0.454 e. The van der Waals surface area contributed by atoms with Gasteiger partial charge in [0.25, 0.3) is 0 Å². The molecule has 30 heavy (non-hydrogen) atoms. The Kier molecular flexibility index (Phi) is 6.13. The van der Waals surface area contributed by atoms with Crippen LogP contribution in [0.4, 0.5) is 8.78 Å². The summed E-state index contributed by atoms with van der Waals surface area (Å²) in [4.78, 5) is 16.5. The summed E-state index contributed by atoms with van der Waals surface area (Å²) in [5, 5.41) is 0. The summed E-state index contributed by atoms with van der Waals surface area (Å²) in [6.07, 6.45) is 3.18. The molecule has 1 saturated heterocycles. The zero-order valence-corrected chi connectivity index (χ0v) is 16.3. The average molecular weight is 416 g/mol. The Balaban J connectivity index is 1.25. The highest BCUT2D eigenvalue weighted by Crippen LogP contribution is 2.32. The number of piperazine rings is 1. The maximum atomic E-state index is 12.4. The number of carbonyl (C=O) groups is 1. The van der Waals surface area contributed by atoms with Gasteiger partial charge in [0, 0.05) is 38.8 Å². The summed E-state index contributed by atoms with van der Waals surface area (Å²) in [5.41, 5.74) is 1.89. The van der Waals surface area contributed by atoms with Crippen LogP contribution >= 0.6 is 0 Å². The molecule has 0 aliphatic carbocycles. The normalized spacial score (nSPS) is 16.4. The van der Waals surface area contributed by atoms with Crippen molar-refractivity contribution in [2.24, 2.45) is 0 Å². The fourth-order valence-electron chi connectivity index (χ4n) is 3.46. The van der Waals surface area contributed by atoms with Gasteiger partial charge in [-0.15, -0.1) is 0 Å². The Labute approximate surface area is 173 Å². The predicted molar refractivity (Wildman–Crippen MR) is 107 cm³/mol. The van der Waals surface area contributed by atoms with Gasteiger partial charge in [-0.25, -0.2) is 0 Å². The molecule has 1 fully saturated rings. The largest absolute Gasteiger partial charge is 0.454 e. The van der Waals surface area contributed by atoms with Crippen molar-refractivity contribution in [1.29, 1.82) is 0 Å². The van der Waals surface area contributed by atoms with Crippen LogP contribution in [0.15, 0.2) is 48.5 Å². The van der Waals surface area contributed by atoms with Gasteiger partial charge in [-0.1, -0.05) is 18.2 Å². The highest BCUT2D eigenvalue weighted by atomic mass is 19.3. The van der Waals surface area contributed by atoms with E-state index in [1.807, 2.05) is 18.2 Å². The van der Waals surface area contributed by atoms with Crippen LogP contribution in [-0.4, -0.2) is 55.3 Å². The lowest BCUT2D eigenvalue weighted by atomic mass is 10.1. The van der Waals surface area contributed by atoms with E-state index in [0.29, 0.717) is 13.1 Å². The molecule has 8 heteroatoms. The summed E-state index contributed by atoms with van der Waals surface area (Å²) in [6, 6.07) is 12.1. The van der Waals surface area contributed by atoms with E-state index in [1.165, 1.54) is 18.2 Å². The number of rotatable bonds is 6. The Morgan fingerprint density at radius 1 is 1.03 bits per heavy atom. The minimum absolute atomic E-state index is 0.0642. The number of hydrogen-bond acceptors (Lipinski definition) is 5. The molecule has 6 nitrogen and oxygen atoms in total. The second kappa shape index (κ2) is 9.13. The van der Waals surface area contributed by atoms with Crippen molar-refractivity contribution in [3.05, 3.63) is 59.7 Å². The molecule has 0 aromatic heterocycles. The van der Waals surface area contributed by atoms with Gasteiger partial charge in [-0.05, 0) is 41.5 Å². The van der Waals surface area contributed by atoms with Gasteiger partial charge in [0.1, 0.15) is 5.75 Å². The molecule has 0 spiro atoms. The number of carbonyl (C=O) groups excluding carboxylic acids is 1. The number of ether oxygens (including phenoxy) is 3. The first kappa shape index (κ1) is 20.2. The van der Waals surface area contributed by atoms with E-state index < -0.39 is 6.61 Å². The van der Waals surface area contributed by atoms with Crippen LogP contribution in [0.25, 0.3) is 6.08 Å². The van der Waals surface area contributed by atoms with Gasteiger partial charge in [0.2, 0.25) is 12.7 Å². The first-order valence-corrected chi connectivity index (χ1v) is 9.69. The van der Waals surface area contributed by atoms with Crippen LogP contribution < -0.4 is 14.2 Å². The van der Waals surface area contributed by atoms with Crippen LogP contribution in [0, 0.1) is 0 Å². The second-order valence-electron chi connectivity index (χ2n) is 7.07. The average Bonchev–Trinajstić information content (AvgIpc) is 3.21. The number of amides is 1. The number of nitrogens with zero attached hydrogens (tertiary/aromatic N) is 2. The topological polar surface area (TPSA) is 51.2 Å². The van der Waals surface area contributed by atoms with E-state index in [-0.39, 0.29) is 18.4 Å². The lowest BCUT2D eigenvalue weighted by Gasteiger charge is -2.34. The third-order valence-corrected chi connectivity index (χ3v) is 5.05. The maximum absolute atomic E-state index is 12.4. The van der Waals surface area contributed by atoms with Crippen molar-refractivity contribution < 1.29 is 27.8 Å². The number of fused-ring (bicyclic) bond motifs is 1. The predicted octanol–water partition coefficient (Wildman–Crippen LogP) is 3.37. The summed E-state index contributed by atoms with van der Waals surface area (Å²) < 4.78 is 39.4. The van der Waals surface area contributed by atoms with Crippen LogP contribution in [-0.2, 0) is 11.3 Å². The van der Waals surface area contributed by atoms with Crippen LogP contribution in [0.5, 0.6) is 17.2 Å². The minimum atomic E-state index is -2.85. The molecular weight excluding hydrogens is 394 g/mol. The lowest BCUT2D eigenvalue weighted by Crippen LogP contribution is -2.47. The van der Waals surface area contributed by atoms with E-state index in [0.717, 1.165) is 42.3 Å². The van der Waals surface area contributed by atoms with E-state index in [9.17, 15) is 13.6 Å². The highest BCUT2D eigenvalue weighted by Gasteiger charge is 2.20. The standard InChI is InChI=1S/C22H22F2N2O4/c23-22(24)30-18-5-1-16(2-6-18)4-8-21(27)26-11-9-25(10-12-26)14-17-3-7-19-20(13-17)29-15-28-19/h1-8,13,22H,9-12,14-15H2/b8-4+. The fraction of sp³-hybridized carbons (Fsp3) is 0.318. The summed E-state index contributed by atoms with van der Waals surface area (Å²) in [6.45, 7) is 1.07. The Morgan fingerprint density at radius 3 is 2.50 bits per heavy atom. The summed E-state index contributed by atoms with van der Waals surface area (Å²) >= 11 is 0. The van der Waals surface area contributed by atoms with Gasteiger partial charge in [0.15, 0.2) is 11.5 Å². The van der Waals surface area contributed by atoms with Crippen molar-refractivity contribution in [2.75, 3.05) is 33.0 Å². The Bertz CT molecular complexity index is 910. The Morgan fingerprint density at radius 2 is 1.77 bits per heavy atom. The molecule has 0 radical (unpaired) electrons. The molecule has 2 aliphatic heterocycles. The SMILES string of the molecule is O=C(/C=C/c1ccc(OC(F)F)cc1)N1CCN(Cc2ccc3c(c2)OCO3)CC1. The molecular formula is C22H22F2N2O4. The van der Waals surface area contributed by atoms with E-state index in [1.54, 1.807) is 23.1 Å². The molecule has 0 bridgehead atoms. The monoisotopic (exact) mass is 416 g/mol. The van der Waals surface area contributed by atoms with Crippen LogP contribution in [0.2, 0.25) is 0 Å². The van der Waals surface area contributed by atoms with Gasteiger partial charge in [-0.3, -0.25) is 9.69 Å². The quantitative estimate of drug-likeness (QED) is 0.676. The number of alkyl halides is 2. The van der Waals surface area contributed by atoms with E-state index >= 15 is 0 Å². The first-order valence-electron chi connectivity index (χ1n) is 9.69. The third kappa shape index (κ3) is 5.07. The Hall–Kier alpha value is -3.13. The van der Waals surface area contributed by atoms with Gasteiger partial charge >= 0.3 is 6.61 Å². The van der Waals surface area contributed by atoms with Crippen molar-refractivity contribution in [2.45, 2.75) is 13.2 Å². The number of benzene rings is 2. The molecule has 4 rings (SSSR count). The van der Waals surface area contributed by atoms with Crippen molar-refractivity contribution in [3.8, 4) is 17.2 Å². The van der Waals surface area contributed by atoms with Gasteiger partial charge in [-0.2, -0.15) is 8.78 Å². The molecule has 2 aromatic rings. The summed E-state index contributed by atoms with van der Waals surface area (Å²) in [5.74, 6) is 1.58. The highest BCUT2D eigenvalue weighted by molar-refractivity contribution is 5.91. The molecule has 0 atom stereocenters. The van der Waals surface area contributed by atoms with Crippen LogP contribution in [0.3, 0.4) is 0 Å². The molecule has 2 heterocycles. The lowest BCUT2D eigenvalue weighted by molar-refractivity contribution is -0.127. The smallest absolute Gasteiger partial charge is 0.387 e. The van der Waals surface area contributed by atoms with Gasteiger partial charge < -0.3 is 19.1 Å². The van der Waals surface area contributed by atoms with E-state index in [2.05, 4.69) is 9.64 Å². The van der Waals surface area contributed by atoms with Crippen molar-refractivity contribution in [3.63, 3.8) is 0 Å². The second-order valence-corrected chi connectivity index (χ2v) is 7.07. The van der Waals surface area contributed by atoms with Crippen molar-refractivity contribution >= 4 is 12.0 Å². The molecule has 1 amide bonds. The zero-order valence-electron chi connectivity index (χ0n) is 16.3. The number of hydrogen-bond donors (Lipinski definition) is 0. The molecule has 2 aliphatic rings. The van der Waals surface area contributed by atoms with Crippen LogP contribution in [0.1, 0.15) is 11.1 Å². The molecule has 2 aromatic carbocycles. The molecule has 158 valence electrons. The molecule has 0 N–H and O–H groups in total. The zero-order chi connectivity index (χ0) is 20.9. The fourth-order valence-corrected chi connectivity index (χ4v) is 3.46. The van der Waals surface area contributed by atoms with Gasteiger partial charge in [0.05, 0.1) is 0 Å². The summed E-state index contributed by atoms with van der Waals surface area (Å²) in [7, 11) is 0. The van der Waals surface area contributed by atoms with E-state index in [4.69, 9.17) is 9.47 Å². The number of halogens is 2.